The minimum absolute atomic E-state index is 0.0954. The van der Waals surface area contributed by atoms with E-state index in [1.807, 2.05) is 60.0 Å². The summed E-state index contributed by atoms with van der Waals surface area (Å²) in [6.07, 6.45) is 1.13. The van der Waals surface area contributed by atoms with Crippen molar-refractivity contribution < 1.29 is 9.90 Å². The first-order valence-corrected chi connectivity index (χ1v) is 11.1. The highest BCUT2D eigenvalue weighted by molar-refractivity contribution is 7.17. The zero-order valence-electron chi connectivity index (χ0n) is 16.2. The smallest absolute Gasteiger partial charge is 0.261 e. The van der Waals surface area contributed by atoms with Crippen LogP contribution in [0.25, 0.3) is 10.6 Å². The fraction of sp³-hybridized carbons (Fsp3) is 0.136. The standard InChI is InChI=1S/C22H20N4O2S2/c1-14(27)15-4-2-5-16(12-15)25-22-23-10-9-18(26-22)19-7-8-20(30-19)21(28)24-13-17-6-3-11-29-17/h2-12,14,27H,13H2,1H3,(H,24,28)(H,23,25,26). The van der Waals surface area contributed by atoms with Crippen LogP contribution in [0.1, 0.15) is 33.1 Å². The fourth-order valence-electron chi connectivity index (χ4n) is 2.83. The van der Waals surface area contributed by atoms with E-state index in [2.05, 4.69) is 20.6 Å². The maximum atomic E-state index is 12.4. The second-order valence-electron chi connectivity index (χ2n) is 6.62. The highest BCUT2D eigenvalue weighted by Gasteiger charge is 2.12. The summed E-state index contributed by atoms with van der Waals surface area (Å²) < 4.78 is 0. The summed E-state index contributed by atoms with van der Waals surface area (Å²) in [5.41, 5.74) is 2.35. The molecule has 0 bridgehead atoms. The van der Waals surface area contributed by atoms with Crippen molar-refractivity contribution in [2.75, 3.05) is 5.32 Å². The number of hydrogen-bond acceptors (Lipinski definition) is 7. The zero-order chi connectivity index (χ0) is 20.9. The number of carbonyl (C=O) groups is 1. The van der Waals surface area contributed by atoms with Crippen LogP contribution in [0.15, 0.2) is 66.2 Å². The number of thiophene rings is 2. The van der Waals surface area contributed by atoms with Gasteiger partial charge in [0.2, 0.25) is 5.95 Å². The number of aliphatic hydroxyl groups excluding tert-OH is 1. The Hall–Kier alpha value is -3.07. The van der Waals surface area contributed by atoms with Gasteiger partial charge in [0, 0.05) is 16.8 Å². The number of anilines is 2. The molecule has 3 N–H and O–H groups in total. The Morgan fingerprint density at radius 3 is 2.87 bits per heavy atom. The molecule has 8 heteroatoms. The quantitative estimate of drug-likeness (QED) is 0.380. The summed E-state index contributed by atoms with van der Waals surface area (Å²) in [6.45, 7) is 2.25. The Morgan fingerprint density at radius 1 is 1.17 bits per heavy atom. The summed E-state index contributed by atoms with van der Waals surface area (Å²) in [5, 5.41) is 17.9. The van der Waals surface area contributed by atoms with Gasteiger partial charge in [0.05, 0.1) is 28.1 Å². The van der Waals surface area contributed by atoms with E-state index >= 15 is 0 Å². The van der Waals surface area contributed by atoms with E-state index in [1.54, 1.807) is 24.5 Å². The molecule has 0 aliphatic heterocycles. The van der Waals surface area contributed by atoms with E-state index in [-0.39, 0.29) is 5.91 Å². The molecule has 0 radical (unpaired) electrons. The molecule has 0 saturated carbocycles. The fourth-order valence-corrected chi connectivity index (χ4v) is 4.36. The molecule has 1 atom stereocenters. The highest BCUT2D eigenvalue weighted by Crippen LogP contribution is 2.28. The van der Waals surface area contributed by atoms with Gasteiger partial charge in [-0.05, 0) is 54.3 Å². The lowest BCUT2D eigenvalue weighted by Gasteiger charge is -2.09. The molecule has 4 rings (SSSR count). The topological polar surface area (TPSA) is 87.1 Å². The molecule has 0 saturated heterocycles. The van der Waals surface area contributed by atoms with Crippen molar-refractivity contribution >= 4 is 40.2 Å². The lowest BCUT2D eigenvalue weighted by molar-refractivity contribution is 0.0955. The van der Waals surface area contributed by atoms with Crippen LogP contribution < -0.4 is 10.6 Å². The van der Waals surface area contributed by atoms with Crippen molar-refractivity contribution in [1.29, 1.82) is 0 Å². The lowest BCUT2D eigenvalue weighted by Crippen LogP contribution is -2.21. The normalized spacial score (nSPS) is 11.8. The van der Waals surface area contributed by atoms with Crippen LogP contribution in [0, 0.1) is 0 Å². The Labute approximate surface area is 182 Å². The maximum absolute atomic E-state index is 12.4. The Morgan fingerprint density at radius 2 is 2.07 bits per heavy atom. The second-order valence-corrected chi connectivity index (χ2v) is 8.73. The summed E-state index contributed by atoms with van der Waals surface area (Å²) in [5.74, 6) is 0.356. The number of carbonyl (C=O) groups excluding carboxylic acids is 1. The highest BCUT2D eigenvalue weighted by atomic mass is 32.1. The molecule has 1 amide bonds. The molecular formula is C22H20N4O2S2. The third-order valence-electron chi connectivity index (χ3n) is 4.37. The van der Waals surface area contributed by atoms with Crippen molar-refractivity contribution in [3.8, 4) is 10.6 Å². The SMILES string of the molecule is CC(O)c1cccc(Nc2nccc(-c3ccc(C(=O)NCc4cccs4)s3)n2)c1. The van der Waals surface area contributed by atoms with Gasteiger partial charge in [-0.15, -0.1) is 22.7 Å². The largest absolute Gasteiger partial charge is 0.389 e. The van der Waals surface area contributed by atoms with Gasteiger partial charge in [-0.25, -0.2) is 9.97 Å². The summed E-state index contributed by atoms with van der Waals surface area (Å²) in [7, 11) is 0. The summed E-state index contributed by atoms with van der Waals surface area (Å²) in [4.78, 5) is 23.9. The van der Waals surface area contributed by atoms with Crippen molar-refractivity contribution in [2.24, 2.45) is 0 Å². The molecule has 0 aliphatic rings. The molecule has 3 heterocycles. The maximum Gasteiger partial charge on any atom is 0.261 e. The minimum atomic E-state index is -0.547. The van der Waals surface area contributed by atoms with Crippen LogP contribution in [-0.2, 0) is 6.54 Å². The molecule has 3 aromatic heterocycles. The number of nitrogens with zero attached hydrogens (tertiary/aromatic N) is 2. The third-order valence-corrected chi connectivity index (χ3v) is 6.35. The van der Waals surface area contributed by atoms with E-state index in [1.165, 1.54) is 11.3 Å². The van der Waals surface area contributed by atoms with E-state index in [4.69, 9.17) is 0 Å². The first-order valence-electron chi connectivity index (χ1n) is 9.37. The number of hydrogen-bond donors (Lipinski definition) is 3. The van der Waals surface area contributed by atoms with Gasteiger partial charge in [-0.3, -0.25) is 4.79 Å². The Kier molecular flexibility index (Phi) is 6.18. The van der Waals surface area contributed by atoms with Gasteiger partial charge in [-0.1, -0.05) is 18.2 Å². The van der Waals surface area contributed by atoms with E-state index in [9.17, 15) is 9.90 Å². The molecule has 30 heavy (non-hydrogen) atoms. The molecule has 0 fully saturated rings. The average molecular weight is 437 g/mol. The molecule has 6 nitrogen and oxygen atoms in total. The van der Waals surface area contributed by atoms with E-state index in [0.29, 0.717) is 17.4 Å². The van der Waals surface area contributed by atoms with Crippen LogP contribution in [0.3, 0.4) is 0 Å². The van der Waals surface area contributed by atoms with Gasteiger partial charge in [-0.2, -0.15) is 0 Å². The van der Waals surface area contributed by atoms with Crippen molar-refractivity contribution in [1.82, 2.24) is 15.3 Å². The van der Waals surface area contributed by atoms with Gasteiger partial charge in [0.25, 0.3) is 5.91 Å². The predicted molar refractivity (Wildman–Crippen MR) is 121 cm³/mol. The molecule has 0 aliphatic carbocycles. The number of aliphatic hydroxyl groups is 1. The lowest BCUT2D eigenvalue weighted by atomic mass is 10.1. The Balaban J connectivity index is 1.46. The van der Waals surface area contributed by atoms with Crippen molar-refractivity contribution in [3.05, 3.63) is 81.5 Å². The van der Waals surface area contributed by atoms with E-state index in [0.717, 1.165) is 26.7 Å². The van der Waals surface area contributed by atoms with Crippen LogP contribution in [-0.4, -0.2) is 21.0 Å². The molecule has 1 unspecified atom stereocenters. The molecule has 152 valence electrons. The van der Waals surface area contributed by atoms with Gasteiger partial charge in [0.1, 0.15) is 0 Å². The van der Waals surface area contributed by atoms with Crippen LogP contribution in [0.2, 0.25) is 0 Å². The number of rotatable bonds is 7. The minimum Gasteiger partial charge on any atom is -0.389 e. The van der Waals surface area contributed by atoms with Crippen LogP contribution in [0.5, 0.6) is 0 Å². The van der Waals surface area contributed by atoms with Crippen molar-refractivity contribution in [3.63, 3.8) is 0 Å². The number of amides is 1. The first-order chi connectivity index (χ1) is 14.6. The summed E-state index contributed by atoms with van der Waals surface area (Å²) in [6, 6.07) is 17.0. The van der Waals surface area contributed by atoms with Crippen LogP contribution in [0.4, 0.5) is 11.6 Å². The predicted octanol–water partition coefficient (Wildman–Crippen LogP) is 4.99. The Bertz CT molecular complexity index is 1140. The first kappa shape index (κ1) is 20.2. The monoisotopic (exact) mass is 436 g/mol. The van der Waals surface area contributed by atoms with Crippen LogP contribution >= 0.6 is 22.7 Å². The second kappa shape index (κ2) is 9.17. The number of nitrogens with one attached hydrogen (secondary N) is 2. The molecule has 4 aromatic rings. The van der Waals surface area contributed by atoms with Gasteiger partial charge < -0.3 is 15.7 Å². The molecule has 1 aromatic carbocycles. The third kappa shape index (κ3) is 4.91. The molecular weight excluding hydrogens is 416 g/mol. The summed E-state index contributed by atoms with van der Waals surface area (Å²) >= 11 is 3.01. The number of aromatic nitrogens is 2. The van der Waals surface area contributed by atoms with Gasteiger partial charge >= 0.3 is 0 Å². The molecule has 0 spiro atoms. The average Bonchev–Trinajstić information content (AvgIpc) is 3.45. The number of benzene rings is 1. The van der Waals surface area contributed by atoms with E-state index < -0.39 is 6.10 Å². The van der Waals surface area contributed by atoms with Crippen molar-refractivity contribution in [2.45, 2.75) is 19.6 Å². The zero-order valence-corrected chi connectivity index (χ0v) is 17.8. The van der Waals surface area contributed by atoms with Gasteiger partial charge in [0.15, 0.2) is 0 Å².